The first-order valence-corrected chi connectivity index (χ1v) is 10.6. The van der Waals surface area contributed by atoms with Crippen LogP contribution in [0.1, 0.15) is 49.7 Å². The number of nitrogens with zero attached hydrogens (tertiary/aromatic N) is 3. The highest BCUT2D eigenvalue weighted by atomic mass is 32.1. The summed E-state index contributed by atoms with van der Waals surface area (Å²) in [6.45, 7) is 7.85. The summed E-state index contributed by atoms with van der Waals surface area (Å²) in [5.41, 5.74) is 1.12. The zero-order valence-electron chi connectivity index (χ0n) is 16.4. The molecule has 2 N–H and O–H groups in total. The van der Waals surface area contributed by atoms with Crippen molar-refractivity contribution in [3.8, 4) is 0 Å². The van der Waals surface area contributed by atoms with Gasteiger partial charge in [-0.15, -0.1) is 11.3 Å². The van der Waals surface area contributed by atoms with Gasteiger partial charge < -0.3 is 15.5 Å². The van der Waals surface area contributed by atoms with Gasteiger partial charge in [0.15, 0.2) is 5.96 Å². The number of aliphatic imine (C=N–C) groups is 1. The first kappa shape index (κ1) is 20.7. The summed E-state index contributed by atoms with van der Waals surface area (Å²) in [4.78, 5) is 23.2. The molecular formula is C19H33N5OS. The van der Waals surface area contributed by atoms with Crippen molar-refractivity contribution < 1.29 is 4.79 Å². The van der Waals surface area contributed by atoms with Crippen LogP contribution in [0.2, 0.25) is 0 Å². The van der Waals surface area contributed by atoms with Crippen molar-refractivity contribution in [2.45, 2.75) is 52.4 Å². The molecule has 0 saturated carbocycles. The second-order valence-electron chi connectivity index (χ2n) is 6.88. The van der Waals surface area contributed by atoms with Gasteiger partial charge in [-0.2, -0.15) is 0 Å². The molecule has 7 heteroatoms. The Bertz CT molecular complexity index is 578. The molecule has 1 fully saturated rings. The predicted molar refractivity (Wildman–Crippen MR) is 109 cm³/mol. The van der Waals surface area contributed by atoms with E-state index in [2.05, 4.69) is 32.8 Å². The van der Waals surface area contributed by atoms with Crippen molar-refractivity contribution in [2.24, 2.45) is 10.9 Å². The second-order valence-corrected chi connectivity index (χ2v) is 7.83. The maximum Gasteiger partial charge on any atom is 0.220 e. The van der Waals surface area contributed by atoms with Gasteiger partial charge in [0.1, 0.15) is 0 Å². The number of guanidine groups is 1. The van der Waals surface area contributed by atoms with Gasteiger partial charge in [-0.05, 0) is 51.9 Å². The van der Waals surface area contributed by atoms with Crippen molar-refractivity contribution in [1.29, 1.82) is 0 Å². The fourth-order valence-electron chi connectivity index (χ4n) is 3.23. The Kier molecular flexibility index (Phi) is 8.88. The summed E-state index contributed by atoms with van der Waals surface area (Å²) < 4.78 is 0. The third-order valence-electron chi connectivity index (χ3n) is 4.73. The van der Waals surface area contributed by atoms with Gasteiger partial charge >= 0.3 is 0 Å². The molecule has 2 rings (SSSR count). The number of carbonyl (C=O) groups is 1. The molecule has 1 aromatic heterocycles. The topological polar surface area (TPSA) is 69.6 Å². The number of unbranched alkanes of at least 4 members (excludes halogenated alkanes) is 1. The van der Waals surface area contributed by atoms with Crippen molar-refractivity contribution >= 4 is 23.2 Å². The monoisotopic (exact) mass is 379 g/mol. The number of piperidine rings is 1. The fourth-order valence-corrected chi connectivity index (χ4v) is 4.05. The van der Waals surface area contributed by atoms with Gasteiger partial charge in [0.05, 0.1) is 5.01 Å². The molecule has 1 aromatic rings. The molecule has 1 saturated heterocycles. The Morgan fingerprint density at radius 3 is 2.77 bits per heavy atom. The molecule has 0 aliphatic carbocycles. The van der Waals surface area contributed by atoms with Gasteiger partial charge in [-0.1, -0.05) is 0 Å². The Balaban J connectivity index is 1.73. The second kappa shape index (κ2) is 11.2. The van der Waals surface area contributed by atoms with Gasteiger partial charge in [0.25, 0.3) is 0 Å². The van der Waals surface area contributed by atoms with E-state index in [1.807, 2.05) is 6.92 Å². The number of thiazole rings is 1. The normalized spacial score (nSPS) is 16.0. The van der Waals surface area contributed by atoms with E-state index in [1.165, 1.54) is 5.01 Å². The van der Waals surface area contributed by atoms with Gasteiger partial charge in [-0.25, -0.2) is 4.98 Å². The first-order valence-electron chi connectivity index (χ1n) is 9.77. The van der Waals surface area contributed by atoms with Gasteiger partial charge in [0.2, 0.25) is 5.91 Å². The molecule has 0 spiro atoms. The molecule has 0 bridgehead atoms. The maximum absolute atomic E-state index is 11.5. The molecule has 1 aliphatic rings. The molecule has 0 radical (unpaired) electrons. The SMILES string of the molecule is CCNC(=NCCCCc1nc(C)cs1)N1CCC(CC(=O)NC)CC1. The Morgan fingerprint density at radius 2 is 2.15 bits per heavy atom. The summed E-state index contributed by atoms with van der Waals surface area (Å²) in [6, 6.07) is 0. The number of amides is 1. The van der Waals surface area contributed by atoms with Crippen molar-refractivity contribution in [1.82, 2.24) is 20.5 Å². The lowest BCUT2D eigenvalue weighted by molar-refractivity contribution is -0.121. The number of likely N-dealkylation sites (tertiary alicyclic amines) is 1. The third kappa shape index (κ3) is 6.94. The molecule has 0 unspecified atom stereocenters. The van der Waals surface area contributed by atoms with Crippen LogP contribution in [0.3, 0.4) is 0 Å². The average molecular weight is 380 g/mol. The standard InChI is InChI=1S/C19H33N5OS/c1-4-21-19(22-10-6-5-7-18-23-15(2)14-26-18)24-11-8-16(9-12-24)13-17(25)20-3/h14,16H,4-13H2,1-3H3,(H,20,25)(H,21,22). The van der Waals surface area contributed by atoms with Crippen LogP contribution in [-0.4, -0.2) is 55.0 Å². The van der Waals surface area contributed by atoms with Crippen molar-refractivity contribution in [2.75, 3.05) is 33.2 Å². The highest BCUT2D eigenvalue weighted by Gasteiger charge is 2.22. The van der Waals surface area contributed by atoms with E-state index in [0.29, 0.717) is 12.3 Å². The molecule has 0 atom stereocenters. The Hall–Kier alpha value is -1.63. The number of nitrogens with one attached hydrogen (secondary N) is 2. The van der Waals surface area contributed by atoms with Gasteiger partial charge in [0, 0.05) is 50.7 Å². The molecule has 2 heterocycles. The molecule has 1 aliphatic heterocycles. The third-order valence-corrected chi connectivity index (χ3v) is 5.76. The van der Waals surface area contributed by atoms with E-state index in [4.69, 9.17) is 4.99 Å². The summed E-state index contributed by atoms with van der Waals surface area (Å²) in [7, 11) is 1.71. The maximum atomic E-state index is 11.5. The molecule has 0 aromatic carbocycles. The number of hydrogen-bond donors (Lipinski definition) is 2. The summed E-state index contributed by atoms with van der Waals surface area (Å²) >= 11 is 1.75. The molecule has 6 nitrogen and oxygen atoms in total. The van der Waals surface area contributed by atoms with Crippen LogP contribution in [0.15, 0.2) is 10.4 Å². The molecule has 1 amide bonds. The molecule has 26 heavy (non-hydrogen) atoms. The summed E-state index contributed by atoms with van der Waals surface area (Å²) in [5, 5.41) is 9.49. The Morgan fingerprint density at radius 1 is 1.38 bits per heavy atom. The summed E-state index contributed by atoms with van der Waals surface area (Å²) in [5.74, 6) is 1.67. The zero-order valence-corrected chi connectivity index (χ0v) is 17.2. The van der Waals surface area contributed by atoms with Crippen LogP contribution in [-0.2, 0) is 11.2 Å². The lowest BCUT2D eigenvalue weighted by atomic mass is 9.93. The molecular weight excluding hydrogens is 346 g/mol. The zero-order chi connectivity index (χ0) is 18.8. The van der Waals surface area contributed by atoms with Crippen LogP contribution in [0.5, 0.6) is 0 Å². The number of aromatic nitrogens is 1. The van der Waals surface area contributed by atoms with E-state index in [9.17, 15) is 4.79 Å². The minimum atomic E-state index is 0.152. The largest absolute Gasteiger partial charge is 0.359 e. The van der Waals surface area contributed by atoms with Crippen LogP contribution in [0.25, 0.3) is 0 Å². The highest BCUT2D eigenvalue weighted by Crippen LogP contribution is 2.20. The minimum absolute atomic E-state index is 0.152. The lowest BCUT2D eigenvalue weighted by Gasteiger charge is -2.34. The highest BCUT2D eigenvalue weighted by molar-refractivity contribution is 7.09. The van der Waals surface area contributed by atoms with E-state index < -0.39 is 0 Å². The average Bonchev–Trinajstić information content (AvgIpc) is 3.06. The number of aryl methyl sites for hydroxylation is 2. The van der Waals surface area contributed by atoms with Crippen LogP contribution < -0.4 is 10.6 Å². The lowest BCUT2D eigenvalue weighted by Crippen LogP contribution is -2.46. The van der Waals surface area contributed by atoms with E-state index in [-0.39, 0.29) is 5.91 Å². The quantitative estimate of drug-likeness (QED) is 0.414. The van der Waals surface area contributed by atoms with E-state index in [1.54, 1.807) is 18.4 Å². The number of rotatable bonds is 8. The van der Waals surface area contributed by atoms with Gasteiger partial charge in [-0.3, -0.25) is 9.79 Å². The van der Waals surface area contributed by atoms with Crippen LogP contribution in [0.4, 0.5) is 0 Å². The fraction of sp³-hybridized carbons (Fsp3) is 0.737. The number of hydrogen-bond acceptors (Lipinski definition) is 4. The van der Waals surface area contributed by atoms with Crippen molar-refractivity contribution in [3.05, 3.63) is 16.1 Å². The molecule has 146 valence electrons. The van der Waals surface area contributed by atoms with Crippen molar-refractivity contribution in [3.63, 3.8) is 0 Å². The van der Waals surface area contributed by atoms with Crippen LogP contribution >= 0.6 is 11.3 Å². The summed E-state index contributed by atoms with van der Waals surface area (Å²) in [6.07, 6.45) is 6.02. The Labute approximate surface area is 161 Å². The first-order chi connectivity index (χ1) is 12.6. The minimum Gasteiger partial charge on any atom is -0.359 e. The smallest absolute Gasteiger partial charge is 0.220 e. The van der Waals surface area contributed by atoms with E-state index in [0.717, 1.165) is 69.9 Å². The van der Waals surface area contributed by atoms with E-state index >= 15 is 0 Å². The predicted octanol–water partition coefficient (Wildman–Crippen LogP) is 2.59. The van der Waals surface area contributed by atoms with Crippen LogP contribution in [0, 0.1) is 12.8 Å². The number of carbonyl (C=O) groups excluding carboxylic acids is 1.